The van der Waals surface area contributed by atoms with Crippen molar-refractivity contribution in [3.05, 3.63) is 60.2 Å². The van der Waals surface area contributed by atoms with Crippen LogP contribution < -0.4 is 16.0 Å². The highest BCUT2D eigenvalue weighted by Gasteiger charge is 2.25. The minimum absolute atomic E-state index is 0. The fraction of sp³-hybridized carbons (Fsp3) is 0.463. The maximum absolute atomic E-state index is 12.0. The topological polar surface area (TPSA) is 128 Å². The van der Waals surface area contributed by atoms with Crippen LogP contribution in [0.5, 0.6) is 0 Å². The van der Waals surface area contributed by atoms with E-state index in [1.807, 2.05) is 36.4 Å². The second kappa shape index (κ2) is 17.0. The normalized spacial score (nSPS) is 20.1. The number of carbonyl (C=O) groups excluding carboxylic acids is 2. The highest BCUT2D eigenvalue weighted by atomic mass is 32.1. The second-order valence-electron chi connectivity index (χ2n) is 14.8. The molecule has 2 aliphatic carbocycles. The molecule has 2 aliphatic rings. The third-order valence-electron chi connectivity index (χ3n) is 11.0. The molecule has 0 spiro atoms. The van der Waals surface area contributed by atoms with Gasteiger partial charge in [-0.15, -0.1) is 22.7 Å². The maximum atomic E-state index is 12.0. The summed E-state index contributed by atoms with van der Waals surface area (Å²) in [5, 5.41) is 14.2. The SMILES string of the molecule is C.CC(=O)c1ccc2sc3ncnc(NC4CCC(N(C)C)CC4)c3c2c1.CNC(=O)c1ccc2sc3ncnc(NC4CCC(N(C)C)CC4)c3c2c1. The monoisotopic (exact) mass is 767 g/mol. The van der Waals surface area contributed by atoms with Gasteiger partial charge in [0, 0.05) is 62.5 Å². The van der Waals surface area contributed by atoms with Gasteiger partial charge in [0.1, 0.15) is 34.0 Å². The number of nitrogens with zero attached hydrogens (tertiary/aromatic N) is 6. The quantitative estimate of drug-likeness (QED) is 0.130. The van der Waals surface area contributed by atoms with Gasteiger partial charge < -0.3 is 25.8 Å². The number of nitrogens with one attached hydrogen (secondary N) is 3. The first-order valence-corrected chi connectivity index (χ1v) is 20.2. The Morgan fingerprint density at radius 1 is 0.648 bits per heavy atom. The van der Waals surface area contributed by atoms with Gasteiger partial charge in [0.15, 0.2) is 5.78 Å². The van der Waals surface area contributed by atoms with Gasteiger partial charge in [-0.3, -0.25) is 9.59 Å². The molecule has 54 heavy (non-hydrogen) atoms. The first-order chi connectivity index (χ1) is 25.6. The van der Waals surface area contributed by atoms with E-state index >= 15 is 0 Å². The Morgan fingerprint density at radius 3 is 1.48 bits per heavy atom. The molecular weight excluding hydrogens is 715 g/mol. The number of Topliss-reactive ketones (excluding diaryl/α,β-unsaturated/α-hetero) is 1. The summed E-state index contributed by atoms with van der Waals surface area (Å²) < 4.78 is 2.27. The van der Waals surface area contributed by atoms with Crippen LogP contribution in [0.1, 0.15) is 86.4 Å². The number of hydrogen-bond donors (Lipinski definition) is 3. The van der Waals surface area contributed by atoms with Gasteiger partial charge in [0.2, 0.25) is 0 Å². The Labute approximate surface area is 326 Å². The Kier molecular flexibility index (Phi) is 12.4. The molecule has 0 bridgehead atoms. The number of amides is 1. The van der Waals surface area contributed by atoms with Crippen LogP contribution in [0, 0.1) is 0 Å². The van der Waals surface area contributed by atoms with Gasteiger partial charge >= 0.3 is 0 Å². The Bertz CT molecular complexity index is 2250. The first kappa shape index (κ1) is 39.4. The fourth-order valence-corrected chi connectivity index (χ4v) is 9.85. The molecule has 4 heterocycles. The number of carbonyl (C=O) groups is 2. The standard InChI is InChI=1S/C20H25N5OS.C20H24N4OS.CH4/c1-21-19(26)12-4-9-16-15(10-12)17-18(22-11-23-20(17)27-16)24-13-5-7-14(8-6-13)25(2)3;1-12(25)13-4-9-17-16(10-13)18-19(21-11-22-20(18)26-17)23-14-5-7-15(8-6-14)24(2)3;/h4,9-11,13-14H,5-8H2,1-3H3,(H,21,26)(H,22,23,24);4,9-11,14-15H,5-8H2,1-3H3,(H,21,22,23);1H4. The van der Waals surface area contributed by atoms with Gasteiger partial charge in [-0.05, 0) is 123 Å². The van der Waals surface area contributed by atoms with Crippen LogP contribution in [0.2, 0.25) is 0 Å². The summed E-state index contributed by atoms with van der Waals surface area (Å²) in [7, 11) is 10.3. The molecule has 13 heteroatoms. The summed E-state index contributed by atoms with van der Waals surface area (Å²) in [6, 6.07) is 13.9. The number of benzene rings is 2. The van der Waals surface area contributed by atoms with Crippen molar-refractivity contribution < 1.29 is 9.59 Å². The molecule has 0 atom stereocenters. The summed E-state index contributed by atoms with van der Waals surface area (Å²) in [5.41, 5.74) is 1.39. The molecule has 4 aromatic heterocycles. The third-order valence-corrected chi connectivity index (χ3v) is 13.1. The molecular formula is C41H53N9O2S2. The minimum atomic E-state index is -0.0791. The highest BCUT2D eigenvalue weighted by Crippen LogP contribution is 2.39. The molecule has 2 fully saturated rings. The van der Waals surface area contributed by atoms with Gasteiger partial charge in [-0.1, -0.05) is 7.43 Å². The molecule has 6 aromatic rings. The van der Waals surface area contributed by atoms with E-state index in [-0.39, 0.29) is 19.1 Å². The lowest BCUT2D eigenvalue weighted by Gasteiger charge is -2.33. The molecule has 0 unspecified atom stereocenters. The van der Waals surface area contributed by atoms with Crippen LogP contribution in [0.4, 0.5) is 11.6 Å². The van der Waals surface area contributed by atoms with E-state index in [1.54, 1.807) is 49.3 Å². The molecule has 2 saturated carbocycles. The summed E-state index contributed by atoms with van der Waals surface area (Å²) >= 11 is 3.29. The fourth-order valence-electron chi connectivity index (χ4n) is 7.80. The molecule has 11 nitrogen and oxygen atoms in total. The zero-order valence-electron chi connectivity index (χ0n) is 31.4. The molecule has 3 N–H and O–H groups in total. The molecule has 286 valence electrons. The van der Waals surface area contributed by atoms with Crippen molar-refractivity contribution >= 4 is 86.6 Å². The summed E-state index contributed by atoms with van der Waals surface area (Å²) in [6.07, 6.45) is 12.6. The van der Waals surface area contributed by atoms with E-state index in [9.17, 15) is 9.59 Å². The average Bonchev–Trinajstić information content (AvgIpc) is 3.74. The van der Waals surface area contributed by atoms with Crippen molar-refractivity contribution in [2.24, 2.45) is 0 Å². The summed E-state index contributed by atoms with van der Waals surface area (Å²) in [6.45, 7) is 1.61. The van der Waals surface area contributed by atoms with Crippen molar-refractivity contribution in [1.82, 2.24) is 35.1 Å². The van der Waals surface area contributed by atoms with Gasteiger partial charge in [-0.2, -0.15) is 0 Å². The average molecular weight is 768 g/mol. The Morgan fingerprint density at radius 2 is 1.07 bits per heavy atom. The third kappa shape index (κ3) is 8.34. The molecule has 0 radical (unpaired) electrons. The predicted octanol–water partition coefficient (Wildman–Crippen LogP) is 8.46. The first-order valence-electron chi connectivity index (χ1n) is 18.5. The van der Waals surface area contributed by atoms with Gasteiger partial charge in [0.05, 0.1) is 10.8 Å². The van der Waals surface area contributed by atoms with E-state index in [2.05, 4.69) is 73.9 Å². The number of aromatic nitrogens is 4. The van der Waals surface area contributed by atoms with E-state index < -0.39 is 0 Å². The Balaban J connectivity index is 0.000000181. The number of ketones is 1. The highest BCUT2D eigenvalue weighted by molar-refractivity contribution is 7.26. The molecule has 1 amide bonds. The lowest BCUT2D eigenvalue weighted by molar-refractivity contribution is 0.0962. The van der Waals surface area contributed by atoms with Crippen LogP contribution in [0.15, 0.2) is 49.1 Å². The number of thiophene rings is 2. The van der Waals surface area contributed by atoms with Crippen LogP contribution in [-0.2, 0) is 0 Å². The second-order valence-corrected chi connectivity index (χ2v) is 16.9. The number of anilines is 2. The van der Waals surface area contributed by atoms with Crippen molar-refractivity contribution in [2.45, 2.75) is 89.9 Å². The van der Waals surface area contributed by atoms with Crippen LogP contribution in [-0.4, -0.2) is 101 Å². The van der Waals surface area contributed by atoms with E-state index in [0.717, 1.165) is 83.5 Å². The largest absolute Gasteiger partial charge is 0.367 e. The van der Waals surface area contributed by atoms with Crippen LogP contribution >= 0.6 is 22.7 Å². The molecule has 2 aromatic carbocycles. The van der Waals surface area contributed by atoms with Gasteiger partial charge in [-0.25, -0.2) is 19.9 Å². The molecule has 8 rings (SSSR count). The predicted molar refractivity (Wildman–Crippen MR) is 227 cm³/mol. The smallest absolute Gasteiger partial charge is 0.251 e. The zero-order valence-corrected chi connectivity index (χ0v) is 33.0. The van der Waals surface area contributed by atoms with Crippen molar-refractivity contribution in [2.75, 3.05) is 45.9 Å². The van der Waals surface area contributed by atoms with E-state index in [0.29, 0.717) is 29.7 Å². The zero-order chi connectivity index (χ0) is 37.2. The molecule has 0 aliphatic heterocycles. The van der Waals surface area contributed by atoms with Crippen molar-refractivity contribution in [3.8, 4) is 0 Å². The Hall–Kier alpha value is -4.30. The molecule has 0 saturated heterocycles. The summed E-state index contributed by atoms with van der Waals surface area (Å²) in [5.74, 6) is 1.79. The van der Waals surface area contributed by atoms with Crippen LogP contribution in [0.3, 0.4) is 0 Å². The minimum Gasteiger partial charge on any atom is -0.367 e. The number of fused-ring (bicyclic) bond motifs is 6. The van der Waals surface area contributed by atoms with Gasteiger partial charge in [0.25, 0.3) is 5.91 Å². The van der Waals surface area contributed by atoms with Crippen molar-refractivity contribution in [3.63, 3.8) is 0 Å². The lowest BCUT2D eigenvalue weighted by Crippen LogP contribution is -2.36. The summed E-state index contributed by atoms with van der Waals surface area (Å²) in [4.78, 5) is 48.4. The van der Waals surface area contributed by atoms with Crippen molar-refractivity contribution in [1.29, 1.82) is 0 Å². The maximum Gasteiger partial charge on any atom is 0.251 e. The lowest BCUT2D eigenvalue weighted by atomic mass is 9.90. The van der Waals surface area contributed by atoms with Crippen LogP contribution in [0.25, 0.3) is 40.6 Å². The number of rotatable bonds is 8. The van der Waals surface area contributed by atoms with E-state index in [4.69, 9.17) is 0 Å². The number of hydrogen-bond acceptors (Lipinski definition) is 12. The van der Waals surface area contributed by atoms with E-state index in [1.165, 1.54) is 25.7 Å².